The number of carbonyl (C=O) groups is 2. The van der Waals surface area contributed by atoms with E-state index in [9.17, 15) is 19.7 Å². The highest BCUT2D eigenvalue weighted by Gasteiger charge is 2.24. The van der Waals surface area contributed by atoms with Gasteiger partial charge in [-0.3, -0.25) is 14.9 Å². The van der Waals surface area contributed by atoms with Crippen LogP contribution in [0.5, 0.6) is 0 Å². The molecular weight excluding hydrogens is 368 g/mol. The number of anilines is 1. The molecule has 8 heteroatoms. The molecule has 0 atom stereocenters. The SMILES string of the molecule is Cc1ccc(C(=O)COC(=O)c2ccc(N3CCCCC3)c([N+](=O)[O-])c2)s1. The summed E-state index contributed by atoms with van der Waals surface area (Å²) in [5.74, 6) is -1.04. The van der Waals surface area contributed by atoms with Crippen molar-refractivity contribution >= 4 is 34.5 Å². The number of ketones is 1. The highest BCUT2D eigenvalue weighted by atomic mass is 32.1. The number of nitro groups is 1. The maximum Gasteiger partial charge on any atom is 0.338 e. The lowest BCUT2D eigenvalue weighted by Crippen LogP contribution is -2.30. The molecule has 1 fully saturated rings. The zero-order valence-electron chi connectivity index (χ0n) is 15.0. The molecule has 1 aromatic carbocycles. The molecule has 0 bridgehead atoms. The summed E-state index contributed by atoms with van der Waals surface area (Å²) < 4.78 is 5.06. The van der Waals surface area contributed by atoms with Crippen LogP contribution in [-0.2, 0) is 4.74 Å². The molecule has 142 valence electrons. The van der Waals surface area contributed by atoms with E-state index in [0.29, 0.717) is 10.6 Å². The van der Waals surface area contributed by atoms with E-state index in [0.717, 1.165) is 37.2 Å². The number of Topliss-reactive ketones (excluding diaryl/α,β-unsaturated/α-hetero) is 1. The predicted molar refractivity (Wildman–Crippen MR) is 103 cm³/mol. The smallest absolute Gasteiger partial charge is 0.338 e. The van der Waals surface area contributed by atoms with Crippen molar-refractivity contribution in [1.82, 2.24) is 0 Å². The summed E-state index contributed by atoms with van der Waals surface area (Å²) in [5, 5.41) is 11.5. The first-order valence-corrected chi connectivity index (χ1v) is 9.57. The number of ether oxygens (including phenoxy) is 1. The van der Waals surface area contributed by atoms with Gasteiger partial charge in [0.1, 0.15) is 5.69 Å². The lowest BCUT2D eigenvalue weighted by atomic mass is 10.1. The Morgan fingerprint density at radius 2 is 1.93 bits per heavy atom. The van der Waals surface area contributed by atoms with Gasteiger partial charge in [0, 0.05) is 24.0 Å². The Balaban J connectivity index is 1.71. The van der Waals surface area contributed by atoms with Crippen LogP contribution < -0.4 is 4.90 Å². The first-order valence-electron chi connectivity index (χ1n) is 8.76. The molecule has 27 heavy (non-hydrogen) atoms. The van der Waals surface area contributed by atoms with Crippen molar-refractivity contribution in [2.24, 2.45) is 0 Å². The van der Waals surface area contributed by atoms with Crippen molar-refractivity contribution in [3.05, 3.63) is 55.8 Å². The van der Waals surface area contributed by atoms with Crippen molar-refractivity contribution in [3.63, 3.8) is 0 Å². The van der Waals surface area contributed by atoms with Crippen LogP contribution in [0.15, 0.2) is 30.3 Å². The molecule has 1 saturated heterocycles. The summed E-state index contributed by atoms with van der Waals surface area (Å²) in [5.41, 5.74) is 0.463. The quantitative estimate of drug-likeness (QED) is 0.322. The average Bonchev–Trinajstić information content (AvgIpc) is 3.12. The van der Waals surface area contributed by atoms with Gasteiger partial charge in [0.2, 0.25) is 5.78 Å². The fourth-order valence-electron chi connectivity index (χ4n) is 3.07. The van der Waals surface area contributed by atoms with Crippen molar-refractivity contribution in [1.29, 1.82) is 0 Å². The number of piperidine rings is 1. The van der Waals surface area contributed by atoms with Gasteiger partial charge < -0.3 is 9.64 Å². The average molecular weight is 388 g/mol. The van der Waals surface area contributed by atoms with Gasteiger partial charge in [-0.05, 0) is 50.5 Å². The Hall–Kier alpha value is -2.74. The summed E-state index contributed by atoms with van der Waals surface area (Å²) in [6.45, 7) is 3.02. The van der Waals surface area contributed by atoms with E-state index in [-0.39, 0.29) is 23.6 Å². The van der Waals surface area contributed by atoms with E-state index in [2.05, 4.69) is 0 Å². The van der Waals surface area contributed by atoms with Crippen LogP contribution in [0.3, 0.4) is 0 Å². The molecule has 0 aliphatic carbocycles. The molecule has 0 unspecified atom stereocenters. The lowest BCUT2D eigenvalue weighted by molar-refractivity contribution is -0.384. The summed E-state index contributed by atoms with van der Waals surface area (Å²) in [7, 11) is 0. The standard InChI is InChI=1S/C19H20N2O5S/c1-13-5-8-18(27-13)17(22)12-26-19(23)14-6-7-15(16(11-14)21(24)25)20-9-3-2-4-10-20/h5-8,11H,2-4,9-10,12H2,1H3. The maximum absolute atomic E-state index is 12.2. The third-order valence-electron chi connectivity index (χ3n) is 4.45. The number of nitro benzene ring substituents is 1. The molecular formula is C19H20N2O5S. The molecule has 1 aliphatic rings. The number of benzene rings is 1. The monoisotopic (exact) mass is 388 g/mol. The molecule has 1 aromatic heterocycles. The number of esters is 1. The van der Waals surface area contributed by atoms with Gasteiger partial charge in [0.05, 0.1) is 15.4 Å². The Morgan fingerprint density at radius 1 is 1.19 bits per heavy atom. The predicted octanol–water partition coefficient (Wildman–Crippen LogP) is 3.99. The van der Waals surface area contributed by atoms with E-state index >= 15 is 0 Å². The normalized spacial score (nSPS) is 14.0. The van der Waals surface area contributed by atoms with Crippen molar-refractivity contribution in [2.75, 3.05) is 24.6 Å². The minimum atomic E-state index is -0.745. The van der Waals surface area contributed by atoms with Crippen LogP contribution in [0.25, 0.3) is 0 Å². The maximum atomic E-state index is 12.2. The van der Waals surface area contributed by atoms with Gasteiger partial charge in [-0.15, -0.1) is 11.3 Å². The fraction of sp³-hybridized carbons (Fsp3) is 0.368. The summed E-state index contributed by atoms with van der Waals surface area (Å²) in [4.78, 5) is 38.8. The first kappa shape index (κ1) is 19.0. The first-order chi connectivity index (χ1) is 13.0. The number of aryl methyl sites for hydroxylation is 1. The highest BCUT2D eigenvalue weighted by Crippen LogP contribution is 2.31. The number of hydrogen-bond acceptors (Lipinski definition) is 7. The Labute approximate surface area is 160 Å². The molecule has 0 saturated carbocycles. The largest absolute Gasteiger partial charge is 0.454 e. The zero-order valence-corrected chi connectivity index (χ0v) is 15.8. The van der Waals surface area contributed by atoms with Crippen molar-refractivity contribution in [3.8, 4) is 0 Å². The van der Waals surface area contributed by atoms with Crippen LogP contribution in [0.4, 0.5) is 11.4 Å². The number of hydrogen-bond donors (Lipinski definition) is 0. The van der Waals surface area contributed by atoms with E-state index in [1.54, 1.807) is 12.1 Å². The van der Waals surface area contributed by atoms with E-state index in [1.807, 2.05) is 17.9 Å². The van der Waals surface area contributed by atoms with E-state index in [1.165, 1.54) is 23.5 Å². The van der Waals surface area contributed by atoms with Crippen molar-refractivity contribution < 1.29 is 19.2 Å². The summed E-state index contributed by atoms with van der Waals surface area (Å²) in [6.07, 6.45) is 3.10. The van der Waals surface area contributed by atoms with E-state index in [4.69, 9.17) is 4.74 Å². The van der Waals surface area contributed by atoms with Gasteiger partial charge in [0.25, 0.3) is 5.69 Å². The summed E-state index contributed by atoms with van der Waals surface area (Å²) >= 11 is 1.33. The van der Waals surface area contributed by atoms with Gasteiger partial charge >= 0.3 is 5.97 Å². The third-order valence-corrected chi connectivity index (χ3v) is 5.50. The number of thiophene rings is 1. The molecule has 2 heterocycles. The second-order valence-electron chi connectivity index (χ2n) is 6.42. The number of nitrogens with zero attached hydrogens (tertiary/aromatic N) is 2. The van der Waals surface area contributed by atoms with Crippen LogP contribution in [0.2, 0.25) is 0 Å². The minimum Gasteiger partial charge on any atom is -0.454 e. The fourth-order valence-corrected chi connectivity index (χ4v) is 3.86. The molecule has 0 radical (unpaired) electrons. The summed E-state index contributed by atoms with van der Waals surface area (Å²) in [6, 6.07) is 7.84. The zero-order chi connectivity index (χ0) is 19.4. The molecule has 1 aliphatic heterocycles. The third kappa shape index (κ3) is 4.51. The topological polar surface area (TPSA) is 89.8 Å². The van der Waals surface area contributed by atoms with Gasteiger partial charge in [0.15, 0.2) is 6.61 Å². The molecule has 2 aromatic rings. The van der Waals surface area contributed by atoms with Crippen LogP contribution in [0, 0.1) is 17.0 Å². The van der Waals surface area contributed by atoms with E-state index < -0.39 is 10.9 Å². The molecule has 0 N–H and O–H groups in total. The Bertz CT molecular complexity index is 871. The van der Waals surface area contributed by atoms with Gasteiger partial charge in [-0.25, -0.2) is 4.79 Å². The highest BCUT2D eigenvalue weighted by molar-refractivity contribution is 7.14. The molecule has 0 amide bonds. The van der Waals surface area contributed by atoms with Crippen molar-refractivity contribution in [2.45, 2.75) is 26.2 Å². The lowest BCUT2D eigenvalue weighted by Gasteiger charge is -2.28. The molecule has 7 nitrogen and oxygen atoms in total. The van der Waals surface area contributed by atoms with Crippen LogP contribution in [0.1, 0.15) is 44.2 Å². The Morgan fingerprint density at radius 3 is 2.56 bits per heavy atom. The second kappa shape index (κ2) is 8.30. The van der Waals surface area contributed by atoms with Gasteiger partial charge in [-0.2, -0.15) is 0 Å². The Kier molecular flexibility index (Phi) is 5.85. The minimum absolute atomic E-state index is 0.0672. The second-order valence-corrected chi connectivity index (χ2v) is 7.71. The number of rotatable bonds is 6. The molecule has 3 rings (SSSR count). The van der Waals surface area contributed by atoms with Crippen LogP contribution >= 0.6 is 11.3 Å². The molecule has 0 spiro atoms. The van der Waals surface area contributed by atoms with Gasteiger partial charge in [-0.1, -0.05) is 0 Å². The number of carbonyl (C=O) groups excluding carboxylic acids is 2. The van der Waals surface area contributed by atoms with Crippen LogP contribution in [-0.4, -0.2) is 36.4 Å².